The molecule has 4 rings (SSSR count). The predicted octanol–water partition coefficient (Wildman–Crippen LogP) is 5.26. The van der Waals surface area contributed by atoms with Crippen molar-refractivity contribution in [1.82, 2.24) is 0 Å². The number of fused-ring (bicyclic) bond motifs is 2. The number of carbonyl (C=O) groups excluding carboxylic acids is 1. The van der Waals surface area contributed by atoms with E-state index >= 15 is 8.78 Å². The molecule has 1 amide bonds. The number of carbonyl (C=O) groups is 1. The maximum absolute atomic E-state index is 15.2. The monoisotopic (exact) mass is 381 g/mol. The molecule has 28 heavy (non-hydrogen) atoms. The van der Waals surface area contributed by atoms with Crippen LogP contribution in [0.15, 0.2) is 60.7 Å². The summed E-state index contributed by atoms with van der Waals surface area (Å²) in [6, 6.07) is 17.2. The fourth-order valence-electron chi connectivity index (χ4n) is 4.09. The molecule has 0 saturated carbocycles. The summed E-state index contributed by atoms with van der Waals surface area (Å²) in [4.78, 5) is 14.5. The highest BCUT2D eigenvalue weighted by Gasteiger charge is 2.52. The number of rotatable bonds is 4. The van der Waals surface area contributed by atoms with E-state index in [9.17, 15) is 4.79 Å². The summed E-state index contributed by atoms with van der Waals surface area (Å²) in [5.41, 5.74) is -0.0970. The van der Waals surface area contributed by atoms with Gasteiger partial charge < -0.3 is 9.64 Å². The van der Waals surface area contributed by atoms with Gasteiger partial charge in [-0.3, -0.25) is 4.79 Å². The quantitative estimate of drug-likeness (QED) is 0.617. The number of amides is 1. The summed E-state index contributed by atoms with van der Waals surface area (Å²) >= 11 is 0. The fraction of sp³-hybridized carbons (Fsp3) is 0.261. The molecule has 3 aromatic carbocycles. The molecule has 3 nitrogen and oxygen atoms in total. The Labute approximate surface area is 162 Å². The Morgan fingerprint density at radius 1 is 1.04 bits per heavy atom. The van der Waals surface area contributed by atoms with Crippen LogP contribution in [0.3, 0.4) is 0 Å². The number of nitrogens with zero attached hydrogens (tertiary/aromatic N) is 1. The first kappa shape index (κ1) is 18.4. The first-order valence-electron chi connectivity index (χ1n) is 9.10. The fourth-order valence-corrected chi connectivity index (χ4v) is 4.09. The molecule has 0 bridgehead atoms. The average molecular weight is 381 g/mol. The largest absolute Gasteiger partial charge is 0.497 e. The van der Waals surface area contributed by atoms with Crippen molar-refractivity contribution in [1.29, 1.82) is 0 Å². The van der Waals surface area contributed by atoms with Crippen LogP contribution in [-0.4, -0.2) is 20.1 Å². The Kier molecular flexibility index (Phi) is 4.14. The summed E-state index contributed by atoms with van der Waals surface area (Å²) < 4.78 is 35.4. The highest BCUT2D eigenvalue weighted by molar-refractivity contribution is 6.09. The van der Waals surface area contributed by atoms with Crippen LogP contribution < -0.4 is 9.64 Å². The van der Waals surface area contributed by atoms with Gasteiger partial charge >= 0.3 is 0 Å². The van der Waals surface area contributed by atoms with E-state index in [4.69, 9.17) is 4.74 Å². The van der Waals surface area contributed by atoms with Crippen molar-refractivity contribution in [2.45, 2.75) is 24.7 Å². The van der Waals surface area contributed by atoms with Crippen molar-refractivity contribution < 1.29 is 18.3 Å². The number of hydrogen-bond acceptors (Lipinski definition) is 2. The van der Waals surface area contributed by atoms with Gasteiger partial charge in [0.2, 0.25) is 5.91 Å². The minimum absolute atomic E-state index is 0.126. The van der Waals surface area contributed by atoms with Gasteiger partial charge in [-0.2, -0.15) is 0 Å². The molecule has 1 atom stereocenters. The van der Waals surface area contributed by atoms with E-state index in [0.29, 0.717) is 17.0 Å². The second-order valence-electron chi connectivity index (χ2n) is 7.52. The molecule has 0 unspecified atom stereocenters. The third kappa shape index (κ3) is 2.73. The Hall–Kier alpha value is -2.95. The van der Waals surface area contributed by atoms with E-state index in [2.05, 4.69) is 0 Å². The molecule has 0 N–H and O–H groups in total. The molecular weight excluding hydrogens is 360 g/mol. The Balaban J connectivity index is 1.78. The SMILES string of the molecule is COc1ccc(C(F)(F)C[C@@]2(C)C(=O)N(C)c3cc4ccccc4cc32)cc1. The van der Waals surface area contributed by atoms with E-state index in [1.54, 1.807) is 14.0 Å². The smallest absolute Gasteiger partial charge is 0.274 e. The Morgan fingerprint density at radius 2 is 1.64 bits per heavy atom. The van der Waals surface area contributed by atoms with Crippen molar-refractivity contribution in [2.75, 3.05) is 19.1 Å². The number of anilines is 1. The lowest BCUT2D eigenvalue weighted by molar-refractivity contribution is -0.126. The summed E-state index contributed by atoms with van der Waals surface area (Å²) in [7, 11) is 3.13. The van der Waals surface area contributed by atoms with Gasteiger partial charge in [0.15, 0.2) is 0 Å². The topological polar surface area (TPSA) is 29.5 Å². The zero-order valence-corrected chi connectivity index (χ0v) is 16.0. The standard InChI is InChI=1S/C23H21F2NO2/c1-22(14-23(24,25)17-8-10-18(28-3)11-9-17)19-12-15-6-4-5-7-16(15)13-20(19)26(2)21(22)27/h4-13H,14H2,1-3H3/t22-/m1/s1. The van der Waals surface area contributed by atoms with Crippen LogP contribution in [0, 0.1) is 0 Å². The van der Waals surface area contributed by atoms with Crippen molar-refractivity contribution in [2.24, 2.45) is 0 Å². The minimum Gasteiger partial charge on any atom is -0.497 e. The van der Waals surface area contributed by atoms with Crippen LogP contribution in [0.25, 0.3) is 10.8 Å². The predicted molar refractivity (Wildman–Crippen MR) is 106 cm³/mol. The Bertz CT molecular complexity index is 1060. The van der Waals surface area contributed by atoms with Gasteiger partial charge in [0, 0.05) is 24.7 Å². The number of methoxy groups -OCH3 is 1. The molecule has 1 heterocycles. The number of halogens is 2. The first-order valence-corrected chi connectivity index (χ1v) is 9.10. The molecule has 0 aliphatic carbocycles. The molecule has 144 valence electrons. The Morgan fingerprint density at radius 3 is 2.25 bits per heavy atom. The van der Waals surface area contributed by atoms with Crippen LogP contribution in [0.4, 0.5) is 14.5 Å². The van der Waals surface area contributed by atoms with E-state index < -0.39 is 17.8 Å². The van der Waals surface area contributed by atoms with E-state index in [-0.39, 0.29) is 11.5 Å². The van der Waals surface area contributed by atoms with Gasteiger partial charge in [-0.1, -0.05) is 24.3 Å². The number of ether oxygens (including phenoxy) is 1. The summed E-state index contributed by atoms with van der Waals surface area (Å²) in [6.07, 6.45) is -0.596. The second kappa shape index (κ2) is 6.30. The molecule has 0 spiro atoms. The van der Waals surface area contributed by atoms with Gasteiger partial charge in [-0.05, 0) is 59.7 Å². The zero-order chi connectivity index (χ0) is 20.1. The highest BCUT2D eigenvalue weighted by Crippen LogP contribution is 2.50. The van der Waals surface area contributed by atoms with Gasteiger partial charge in [0.25, 0.3) is 5.92 Å². The molecular formula is C23H21F2NO2. The molecule has 0 aromatic heterocycles. The maximum Gasteiger partial charge on any atom is 0.274 e. The van der Waals surface area contributed by atoms with Crippen LogP contribution in [0.1, 0.15) is 24.5 Å². The molecule has 0 saturated heterocycles. The highest BCUT2D eigenvalue weighted by atomic mass is 19.3. The molecule has 0 fully saturated rings. The average Bonchev–Trinajstić information content (AvgIpc) is 2.87. The lowest BCUT2D eigenvalue weighted by Gasteiger charge is -2.29. The minimum atomic E-state index is -3.16. The lowest BCUT2D eigenvalue weighted by Crippen LogP contribution is -2.40. The molecule has 3 aromatic rings. The van der Waals surface area contributed by atoms with E-state index in [1.165, 1.54) is 36.3 Å². The van der Waals surface area contributed by atoms with E-state index in [0.717, 1.165) is 10.8 Å². The molecule has 0 radical (unpaired) electrons. The summed E-state index contributed by atoms with van der Waals surface area (Å²) in [5, 5.41) is 1.91. The summed E-state index contributed by atoms with van der Waals surface area (Å²) in [6.45, 7) is 1.61. The molecule has 5 heteroatoms. The maximum atomic E-state index is 15.2. The van der Waals surface area contributed by atoms with Crippen molar-refractivity contribution in [3.8, 4) is 5.75 Å². The van der Waals surface area contributed by atoms with Gasteiger partial charge in [0.05, 0.1) is 12.5 Å². The normalized spacial score (nSPS) is 19.2. The van der Waals surface area contributed by atoms with Crippen LogP contribution in [0.2, 0.25) is 0 Å². The van der Waals surface area contributed by atoms with Gasteiger partial charge in [-0.25, -0.2) is 8.78 Å². The third-order valence-corrected chi connectivity index (χ3v) is 5.68. The molecule has 1 aliphatic rings. The molecule has 1 aliphatic heterocycles. The lowest BCUT2D eigenvalue weighted by atomic mass is 9.76. The number of alkyl halides is 2. The van der Waals surface area contributed by atoms with E-state index in [1.807, 2.05) is 36.4 Å². The first-order chi connectivity index (χ1) is 13.3. The van der Waals surface area contributed by atoms with Crippen LogP contribution in [0.5, 0.6) is 5.75 Å². The zero-order valence-electron chi connectivity index (χ0n) is 16.0. The third-order valence-electron chi connectivity index (χ3n) is 5.68. The summed E-state index contributed by atoms with van der Waals surface area (Å²) in [5.74, 6) is -2.96. The van der Waals surface area contributed by atoms with Crippen molar-refractivity contribution >= 4 is 22.4 Å². The second-order valence-corrected chi connectivity index (χ2v) is 7.52. The van der Waals surface area contributed by atoms with Crippen LogP contribution in [-0.2, 0) is 16.1 Å². The van der Waals surface area contributed by atoms with Gasteiger partial charge in [0.1, 0.15) is 5.75 Å². The van der Waals surface area contributed by atoms with Crippen molar-refractivity contribution in [3.63, 3.8) is 0 Å². The van der Waals surface area contributed by atoms with Crippen LogP contribution >= 0.6 is 0 Å². The number of hydrogen-bond donors (Lipinski definition) is 0. The van der Waals surface area contributed by atoms with Gasteiger partial charge in [-0.15, -0.1) is 0 Å². The van der Waals surface area contributed by atoms with Crippen molar-refractivity contribution in [3.05, 3.63) is 71.8 Å². The number of benzene rings is 3. The number of likely N-dealkylation sites (N-methyl/N-ethyl adjacent to an activating group) is 1.